The first-order valence-corrected chi connectivity index (χ1v) is 9.73. The van der Waals surface area contributed by atoms with E-state index < -0.39 is 0 Å². The van der Waals surface area contributed by atoms with Gasteiger partial charge in [-0.3, -0.25) is 0 Å². The van der Waals surface area contributed by atoms with Crippen molar-refractivity contribution in [3.8, 4) is 0 Å². The van der Waals surface area contributed by atoms with Crippen molar-refractivity contribution in [2.45, 2.75) is 90.1 Å². The Balaban J connectivity index is 1.45. The minimum atomic E-state index is 0.672. The zero-order valence-corrected chi connectivity index (χ0v) is 14.4. The number of fused-ring (bicyclic) bond motifs is 1. The number of nitrogens with zero attached hydrogens (tertiary/aromatic N) is 1. The highest BCUT2D eigenvalue weighted by Gasteiger charge is 2.35. The van der Waals surface area contributed by atoms with Crippen LogP contribution < -0.4 is 5.32 Å². The first-order chi connectivity index (χ1) is 10.2. The van der Waals surface area contributed by atoms with E-state index in [9.17, 15) is 0 Å². The predicted molar refractivity (Wildman–Crippen MR) is 90.6 cm³/mol. The summed E-state index contributed by atoms with van der Waals surface area (Å²) in [4.78, 5) is 2.75. The summed E-state index contributed by atoms with van der Waals surface area (Å²) in [6.45, 7) is 8.78. The molecule has 0 amide bonds. The van der Waals surface area contributed by atoms with Crippen molar-refractivity contribution in [2.24, 2.45) is 11.3 Å². The van der Waals surface area contributed by atoms with Gasteiger partial charge < -0.3 is 10.2 Å². The van der Waals surface area contributed by atoms with E-state index in [0.717, 1.165) is 18.0 Å². The van der Waals surface area contributed by atoms with E-state index in [0.29, 0.717) is 5.41 Å². The lowest BCUT2D eigenvalue weighted by atomic mass is 9.74. The fraction of sp³-hybridized carbons (Fsp3) is 1.00. The molecule has 3 rings (SSSR count). The SMILES string of the molecule is CCC1(CC)CCN(CC2CCC3CCCCC3N2)CC1. The summed E-state index contributed by atoms with van der Waals surface area (Å²) in [5, 5.41) is 4.01. The van der Waals surface area contributed by atoms with Crippen molar-refractivity contribution >= 4 is 0 Å². The van der Waals surface area contributed by atoms with Crippen LogP contribution in [0.2, 0.25) is 0 Å². The molecule has 2 nitrogen and oxygen atoms in total. The second-order valence-electron chi connectivity index (χ2n) is 8.10. The Morgan fingerprint density at radius 2 is 1.67 bits per heavy atom. The van der Waals surface area contributed by atoms with Crippen LogP contribution in [0.3, 0.4) is 0 Å². The van der Waals surface area contributed by atoms with Crippen LogP contribution in [0.5, 0.6) is 0 Å². The van der Waals surface area contributed by atoms with Gasteiger partial charge in [0.1, 0.15) is 0 Å². The Kier molecular flexibility index (Phi) is 5.27. The Labute approximate surface area is 132 Å². The molecule has 0 aromatic rings. The highest BCUT2D eigenvalue weighted by atomic mass is 15.2. The fourth-order valence-electron chi connectivity index (χ4n) is 5.20. The van der Waals surface area contributed by atoms with Crippen LogP contribution in [-0.2, 0) is 0 Å². The summed E-state index contributed by atoms with van der Waals surface area (Å²) in [5.41, 5.74) is 0.672. The average Bonchev–Trinajstić information content (AvgIpc) is 2.56. The van der Waals surface area contributed by atoms with Crippen LogP contribution in [0.1, 0.15) is 78.1 Å². The van der Waals surface area contributed by atoms with Crippen molar-refractivity contribution in [1.82, 2.24) is 10.2 Å². The Bertz CT molecular complexity index is 314. The lowest BCUT2D eigenvalue weighted by molar-refractivity contribution is 0.0752. The van der Waals surface area contributed by atoms with Crippen LogP contribution in [0, 0.1) is 11.3 Å². The maximum atomic E-state index is 4.01. The fourth-order valence-corrected chi connectivity index (χ4v) is 5.20. The molecule has 2 aliphatic heterocycles. The molecule has 2 heteroatoms. The summed E-state index contributed by atoms with van der Waals surface area (Å²) < 4.78 is 0. The molecular weight excluding hydrogens is 256 g/mol. The molecule has 0 aromatic carbocycles. The predicted octanol–water partition coefficient (Wildman–Crippen LogP) is 4.20. The van der Waals surface area contributed by atoms with Crippen LogP contribution >= 0.6 is 0 Å². The van der Waals surface area contributed by atoms with E-state index in [1.807, 2.05) is 0 Å². The Hall–Kier alpha value is -0.0800. The number of rotatable bonds is 4. The zero-order valence-electron chi connectivity index (χ0n) is 14.4. The molecule has 3 fully saturated rings. The summed E-state index contributed by atoms with van der Waals surface area (Å²) in [7, 11) is 0. The van der Waals surface area contributed by atoms with E-state index in [-0.39, 0.29) is 0 Å². The lowest BCUT2D eigenvalue weighted by Crippen LogP contribution is -2.54. The molecule has 0 bridgehead atoms. The Morgan fingerprint density at radius 1 is 0.952 bits per heavy atom. The molecule has 1 saturated carbocycles. The topological polar surface area (TPSA) is 15.3 Å². The number of hydrogen-bond donors (Lipinski definition) is 1. The molecule has 2 heterocycles. The van der Waals surface area contributed by atoms with Gasteiger partial charge in [0.2, 0.25) is 0 Å². The molecule has 0 aromatic heterocycles. The number of hydrogen-bond acceptors (Lipinski definition) is 2. The number of nitrogens with one attached hydrogen (secondary N) is 1. The zero-order chi connectivity index (χ0) is 14.7. The van der Waals surface area contributed by atoms with Gasteiger partial charge in [0, 0.05) is 18.6 Å². The van der Waals surface area contributed by atoms with E-state index >= 15 is 0 Å². The van der Waals surface area contributed by atoms with Gasteiger partial charge in [-0.15, -0.1) is 0 Å². The van der Waals surface area contributed by atoms with Crippen molar-refractivity contribution in [1.29, 1.82) is 0 Å². The smallest absolute Gasteiger partial charge is 0.0197 e. The van der Waals surface area contributed by atoms with Gasteiger partial charge in [0.05, 0.1) is 0 Å². The third-order valence-electron chi connectivity index (χ3n) is 7.14. The quantitative estimate of drug-likeness (QED) is 0.835. The van der Waals surface area contributed by atoms with E-state index in [1.54, 1.807) is 0 Å². The van der Waals surface area contributed by atoms with Gasteiger partial charge in [-0.1, -0.05) is 39.5 Å². The van der Waals surface area contributed by atoms with Gasteiger partial charge in [-0.25, -0.2) is 0 Å². The minimum Gasteiger partial charge on any atom is -0.310 e. The molecule has 0 radical (unpaired) electrons. The van der Waals surface area contributed by atoms with Crippen molar-refractivity contribution < 1.29 is 0 Å². The normalized spacial score (nSPS) is 37.1. The molecule has 21 heavy (non-hydrogen) atoms. The standard InChI is InChI=1S/C19H36N2/c1-3-19(4-2)11-13-21(14-12-19)15-17-10-9-16-7-5-6-8-18(16)20-17/h16-18,20H,3-15H2,1-2H3. The molecule has 3 unspecified atom stereocenters. The van der Waals surface area contributed by atoms with Gasteiger partial charge in [-0.2, -0.15) is 0 Å². The van der Waals surface area contributed by atoms with E-state index in [4.69, 9.17) is 0 Å². The first kappa shape index (κ1) is 15.8. The summed E-state index contributed by atoms with van der Waals surface area (Å²) >= 11 is 0. The van der Waals surface area contributed by atoms with Crippen molar-refractivity contribution in [3.05, 3.63) is 0 Å². The highest BCUT2D eigenvalue weighted by Crippen LogP contribution is 2.38. The number of likely N-dealkylation sites (tertiary alicyclic amines) is 1. The van der Waals surface area contributed by atoms with E-state index in [1.165, 1.54) is 83.8 Å². The third kappa shape index (κ3) is 3.64. The number of piperidine rings is 2. The summed E-state index contributed by atoms with van der Waals surface area (Å²) in [6, 6.07) is 1.63. The first-order valence-electron chi connectivity index (χ1n) is 9.73. The highest BCUT2D eigenvalue weighted by molar-refractivity contribution is 4.92. The molecule has 122 valence electrons. The Morgan fingerprint density at radius 3 is 2.38 bits per heavy atom. The third-order valence-corrected chi connectivity index (χ3v) is 7.14. The maximum Gasteiger partial charge on any atom is 0.0197 e. The summed E-state index contributed by atoms with van der Waals surface area (Å²) in [6.07, 6.45) is 14.4. The monoisotopic (exact) mass is 292 g/mol. The van der Waals surface area contributed by atoms with Crippen LogP contribution in [0.25, 0.3) is 0 Å². The van der Waals surface area contributed by atoms with Crippen LogP contribution in [-0.4, -0.2) is 36.6 Å². The second kappa shape index (κ2) is 7.00. The molecule has 0 spiro atoms. The van der Waals surface area contributed by atoms with Crippen LogP contribution in [0.15, 0.2) is 0 Å². The molecule has 1 N–H and O–H groups in total. The molecular formula is C19H36N2. The lowest BCUT2D eigenvalue weighted by Gasteiger charge is -2.45. The maximum absolute atomic E-state index is 4.01. The largest absolute Gasteiger partial charge is 0.310 e. The van der Waals surface area contributed by atoms with Gasteiger partial charge in [0.25, 0.3) is 0 Å². The van der Waals surface area contributed by atoms with E-state index in [2.05, 4.69) is 24.1 Å². The van der Waals surface area contributed by atoms with Crippen LogP contribution in [0.4, 0.5) is 0 Å². The van der Waals surface area contributed by atoms with Gasteiger partial charge in [0.15, 0.2) is 0 Å². The minimum absolute atomic E-state index is 0.672. The second-order valence-corrected chi connectivity index (χ2v) is 8.10. The molecule has 2 saturated heterocycles. The van der Waals surface area contributed by atoms with Crippen molar-refractivity contribution in [2.75, 3.05) is 19.6 Å². The molecule has 3 aliphatic rings. The molecule has 1 aliphatic carbocycles. The van der Waals surface area contributed by atoms with Gasteiger partial charge in [-0.05, 0) is 62.9 Å². The van der Waals surface area contributed by atoms with Gasteiger partial charge >= 0.3 is 0 Å². The average molecular weight is 293 g/mol. The molecule has 3 atom stereocenters. The van der Waals surface area contributed by atoms with Crippen molar-refractivity contribution in [3.63, 3.8) is 0 Å². The summed E-state index contributed by atoms with van der Waals surface area (Å²) in [5.74, 6) is 1.00.